The first-order chi connectivity index (χ1) is 8.67. The van der Waals surface area contributed by atoms with E-state index in [0.717, 1.165) is 29.1 Å². The molecule has 1 heterocycles. The molecule has 0 radical (unpaired) electrons. The maximum Gasteiger partial charge on any atom is 0.0548 e. The summed E-state index contributed by atoms with van der Waals surface area (Å²) < 4.78 is 0.971. The Labute approximate surface area is 123 Å². The summed E-state index contributed by atoms with van der Waals surface area (Å²) in [7, 11) is 0. The van der Waals surface area contributed by atoms with E-state index in [1.165, 1.54) is 18.4 Å². The summed E-state index contributed by atoms with van der Waals surface area (Å²) >= 11 is 9.59. The van der Waals surface area contributed by atoms with Gasteiger partial charge in [-0.2, -0.15) is 0 Å². The van der Waals surface area contributed by atoms with Gasteiger partial charge in [0.25, 0.3) is 0 Å². The number of piperidine rings is 1. The molecule has 100 valence electrons. The zero-order valence-electron chi connectivity index (χ0n) is 10.7. The van der Waals surface area contributed by atoms with Gasteiger partial charge in [0.05, 0.1) is 5.02 Å². The van der Waals surface area contributed by atoms with Crippen LogP contribution in [0.3, 0.4) is 0 Å². The smallest absolute Gasteiger partial charge is 0.0548 e. The lowest BCUT2D eigenvalue weighted by Gasteiger charge is -2.41. The van der Waals surface area contributed by atoms with Crippen molar-refractivity contribution in [1.29, 1.82) is 0 Å². The fourth-order valence-electron chi connectivity index (χ4n) is 2.93. The van der Waals surface area contributed by atoms with Crippen LogP contribution in [-0.4, -0.2) is 24.5 Å². The molecule has 4 heteroatoms. The largest absolute Gasteiger partial charge is 0.330 e. The molecule has 0 amide bonds. The highest BCUT2D eigenvalue weighted by molar-refractivity contribution is 9.10. The van der Waals surface area contributed by atoms with Crippen LogP contribution in [0.15, 0.2) is 22.7 Å². The van der Waals surface area contributed by atoms with Gasteiger partial charge in [-0.05, 0) is 72.0 Å². The van der Waals surface area contributed by atoms with Crippen LogP contribution in [0, 0.1) is 5.92 Å². The molecule has 1 aliphatic heterocycles. The Balaban J connectivity index is 2.32. The molecule has 1 saturated heterocycles. The average molecular weight is 332 g/mol. The van der Waals surface area contributed by atoms with Crippen LogP contribution < -0.4 is 5.73 Å². The number of likely N-dealkylation sites (tertiary alicyclic amines) is 1. The van der Waals surface area contributed by atoms with Gasteiger partial charge in [0, 0.05) is 10.5 Å². The van der Waals surface area contributed by atoms with Crippen molar-refractivity contribution in [1.82, 2.24) is 4.90 Å². The molecule has 0 spiro atoms. The highest BCUT2D eigenvalue weighted by Gasteiger charge is 2.30. The molecule has 2 rings (SSSR count). The van der Waals surface area contributed by atoms with Crippen molar-refractivity contribution < 1.29 is 0 Å². The van der Waals surface area contributed by atoms with Crippen molar-refractivity contribution in [3.63, 3.8) is 0 Å². The lowest BCUT2D eigenvalue weighted by molar-refractivity contribution is 0.102. The quantitative estimate of drug-likeness (QED) is 0.912. The summed E-state index contributed by atoms with van der Waals surface area (Å²) in [5, 5.41) is 0.766. The summed E-state index contributed by atoms with van der Waals surface area (Å²) in [6, 6.07) is 6.68. The van der Waals surface area contributed by atoms with Crippen LogP contribution in [-0.2, 0) is 0 Å². The molecule has 0 aromatic heterocycles. The SMILES string of the molecule is CCN1CCCC(CN)C1c1ccc(Cl)c(Br)c1. The van der Waals surface area contributed by atoms with E-state index in [2.05, 4.69) is 39.9 Å². The van der Waals surface area contributed by atoms with Gasteiger partial charge < -0.3 is 5.73 Å². The third-order valence-electron chi connectivity index (χ3n) is 3.85. The molecule has 1 aromatic carbocycles. The van der Waals surface area contributed by atoms with E-state index in [0.29, 0.717) is 12.0 Å². The number of hydrogen-bond donors (Lipinski definition) is 1. The predicted molar refractivity (Wildman–Crippen MR) is 80.9 cm³/mol. The van der Waals surface area contributed by atoms with Crippen molar-refractivity contribution in [3.05, 3.63) is 33.3 Å². The summed E-state index contributed by atoms with van der Waals surface area (Å²) in [5.41, 5.74) is 7.27. The molecule has 18 heavy (non-hydrogen) atoms. The van der Waals surface area contributed by atoms with Gasteiger partial charge in [-0.3, -0.25) is 4.90 Å². The molecule has 2 unspecified atom stereocenters. The Bertz CT molecular complexity index is 399. The standard InChI is InChI=1S/C14H20BrClN2/c1-2-18-7-3-4-11(9-17)14(18)10-5-6-13(16)12(15)8-10/h5-6,8,11,14H,2-4,7,9,17H2,1H3. The molecule has 0 aliphatic carbocycles. The second-order valence-electron chi connectivity index (χ2n) is 4.88. The summed E-state index contributed by atoms with van der Waals surface area (Å²) in [5.74, 6) is 0.548. The van der Waals surface area contributed by atoms with Crippen LogP contribution in [0.25, 0.3) is 0 Å². The molecular weight excluding hydrogens is 312 g/mol. The normalized spacial score (nSPS) is 25.3. The molecular formula is C14H20BrClN2. The highest BCUT2D eigenvalue weighted by atomic mass is 79.9. The number of benzene rings is 1. The number of hydrogen-bond acceptors (Lipinski definition) is 2. The molecule has 2 N–H and O–H groups in total. The third kappa shape index (κ3) is 2.90. The Morgan fingerprint density at radius 1 is 1.50 bits per heavy atom. The van der Waals surface area contributed by atoms with Crippen LogP contribution in [0.5, 0.6) is 0 Å². The van der Waals surface area contributed by atoms with E-state index < -0.39 is 0 Å². The minimum absolute atomic E-state index is 0.433. The van der Waals surface area contributed by atoms with Crippen LogP contribution in [0.4, 0.5) is 0 Å². The van der Waals surface area contributed by atoms with Gasteiger partial charge in [0.1, 0.15) is 0 Å². The first-order valence-electron chi connectivity index (χ1n) is 6.56. The monoisotopic (exact) mass is 330 g/mol. The van der Waals surface area contributed by atoms with Crippen LogP contribution in [0.2, 0.25) is 5.02 Å². The Morgan fingerprint density at radius 3 is 2.89 bits per heavy atom. The first kappa shape index (κ1) is 14.3. The van der Waals surface area contributed by atoms with Gasteiger partial charge in [0.15, 0.2) is 0 Å². The zero-order valence-corrected chi connectivity index (χ0v) is 13.0. The molecule has 2 nitrogen and oxygen atoms in total. The van der Waals surface area contributed by atoms with Crippen molar-refractivity contribution in [2.45, 2.75) is 25.8 Å². The topological polar surface area (TPSA) is 29.3 Å². The number of rotatable bonds is 3. The van der Waals surface area contributed by atoms with Crippen molar-refractivity contribution in [3.8, 4) is 0 Å². The van der Waals surface area contributed by atoms with Crippen LogP contribution in [0.1, 0.15) is 31.4 Å². The fourth-order valence-corrected chi connectivity index (χ4v) is 3.45. The van der Waals surface area contributed by atoms with Crippen LogP contribution >= 0.6 is 27.5 Å². The second-order valence-corrected chi connectivity index (χ2v) is 6.15. The van der Waals surface area contributed by atoms with Gasteiger partial charge in [0.2, 0.25) is 0 Å². The number of nitrogens with zero attached hydrogens (tertiary/aromatic N) is 1. The summed E-state index contributed by atoms with van der Waals surface area (Å²) in [4.78, 5) is 2.52. The second kappa shape index (κ2) is 6.38. The van der Waals surface area contributed by atoms with Gasteiger partial charge >= 0.3 is 0 Å². The molecule has 1 fully saturated rings. The number of halogens is 2. The highest BCUT2D eigenvalue weighted by Crippen LogP contribution is 2.37. The van der Waals surface area contributed by atoms with Crippen molar-refractivity contribution in [2.75, 3.05) is 19.6 Å². The Hall–Kier alpha value is -0.0900. The lowest BCUT2D eigenvalue weighted by atomic mass is 9.84. The minimum atomic E-state index is 0.433. The maximum atomic E-state index is 6.07. The van der Waals surface area contributed by atoms with Crippen molar-refractivity contribution in [2.24, 2.45) is 11.7 Å². The van der Waals surface area contributed by atoms with E-state index in [-0.39, 0.29) is 0 Å². The Morgan fingerprint density at radius 2 is 2.28 bits per heavy atom. The third-order valence-corrected chi connectivity index (χ3v) is 5.07. The summed E-state index contributed by atoms with van der Waals surface area (Å²) in [6.07, 6.45) is 2.47. The predicted octanol–water partition coefficient (Wildman–Crippen LogP) is 3.83. The molecule has 1 aliphatic rings. The maximum absolute atomic E-state index is 6.07. The summed E-state index contributed by atoms with van der Waals surface area (Å²) in [6.45, 7) is 5.21. The minimum Gasteiger partial charge on any atom is -0.330 e. The number of nitrogens with two attached hydrogens (primary N) is 1. The van der Waals surface area contributed by atoms with E-state index in [4.69, 9.17) is 17.3 Å². The van der Waals surface area contributed by atoms with Gasteiger partial charge in [-0.1, -0.05) is 24.6 Å². The zero-order chi connectivity index (χ0) is 13.1. The van der Waals surface area contributed by atoms with Gasteiger partial charge in [-0.25, -0.2) is 0 Å². The molecule has 0 saturated carbocycles. The average Bonchev–Trinajstić information content (AvgIpc) is 2.41. The van der Waals surface area contributed by atoms with E-state index in [9.17, 15) is 0 Å². The molecule has 1 aromatic rings. The van der Waals surface area contributed by atoms with Crippen molar-refractivity contribution >= 4 is 27.5 Å². The van der Waals surface area contributed by atoms with Gasteiger partial charge in [-0.15, -0.1) is 0 Å². The molecule has 0 bridgehead atoms. The van der Waals surface area contributed by atoms with E-state index >= 15 is 0 Å². The Kier molecular flexibility index (Phi) is 5.07. The van der Waals surface area contributed by atoms with E-state index in [1.807, 2.05) is 6.07 Å². The first-order valence-corrected chi connectivity index (χ1v) is 7.73. The fraction of sp³-hybridized carbons (Fsp3) is 0.571. The molecule has 2 atom stereocenters. The lowest BCUT2D eigenvalue weighted by Crippen LogP contribution is -2.41. The van der Waals surface area contributed by atoms with E-state index in [1.54, 1.807) is 0 Å².